The molecule has 88 valence electrons. The maximum atomic E-state index is 13.0. The van der Waals surface area contributed by atoms with E-state index in [1.165, 1.54) is 31.4 Å². The number of carbonyl (C=O) groups is 1. The standard InChI is InChI=1S/C12H10FNO3/c1-17-12(16)5-7-4-11(15)14-10-6-8(13)2-3-9(7)10/h2-4,6H,5H2,1H3,(H,14,15). The molecule has 1 N–H and O–H groups in total. The number of H-pyrrole nitrogens is 1. The van der Waals surface area contributed by atoms with E-state index in [1.807, 2.05) is 0 Å². The minimum Gasteiger partial charge on any atom is -0.469 e. The van der Waals surface area contributed by atoms with Gasteiger partial charge in [-0.3, -0.25) is 9.59 Å². The molecule has 4 nitrogen and oxygen atoms in total. The van der Waals surface area contributed by atoms with Crippen LogP contribution in [0, 0.1) is 5.82 Å². The van der Waals surface area contributed by atoms with E-state index in [0.29, 0.717) is 16.5 Å². The molecule has 0 radical (unpaired) electrons. The number of aromatic nitrogens is 1. The summed E-state index contributed by atoms with van der Waals surface area (Å²) in [6.45, 7) is 0. The summed E-state index contributed by atoms with van der Waals surface area (Å²) in [7, 11) is 1.28. The molecule has 0 unspecified atom stereocenters. The van der Waals surface area contributed by atoms with E-state index in [0.717, 1.165) is 0 Å². The number of hydrogen-bond donors (Lipinski definition) is 1. The number of nitrogens with one attached hydrogen (secondary N) is 1. The molecule has 0 amide bonds. The molecule has 0 saturated heterocycles. The lowest BCUT2D eigenvalue weighted by atomic mass is 10.1. The van der Waals surface area contributed by atoms with Crippen molar-refractivity contribution >= 4 is 16.9 Å². The van der Waals surface area contributed by atoms with Crippen molar-refractivity contribution in [2.75, 3.05) is 7.11 Å². The van der Waals surface area contributed by atoms with E-state index in [2.05, 4.69) is 9.72 Å². The second-order valence-electron chi connectivity index (χ2n) is 3.60. The molecule has 1 heterocycles. The maximum absolute atomic E-state index is 13.0. The Kier molecular flexibility index (Phi) is 2.91. The number of pyridine rings is 1. The van der Waals surface area contributed by atoms with Gasteiger partial charge in [0.25, 0.3) is 0 Å². The van der Waals surface area contributed by atoms with E-state index >= 15 is 0 Å². The van der Waals surface area contributed by atoms with Crippen LogP contribution < -0.4 is 5.56 Å². The Hall–Kier alpha value is -2.17. The molecule has 1 aromatic heterocycles. The first kappa shape index (κ1) is 11.3. The molecule has 0 aliphatic carbocycles. The molecule has 0 spiro atoms. The minimum absolute atomic E-state index is 0.0114. The fraction of sp³-hybridized carbons (Fsp3) is 0.167. The van der Waals surface area contributed by atoms with Crippen LogP contribution >= 0.6 is 0 Å². The van der Waals surface area contributed by atoms with Crippen molar-refractivity contribution in [2.45, 2.75) is 6.42 Å². The smallest absolute Gasteiger partial charge is 0.310 e. The second kappa shape index (κ2) is 4.37. The van der Waals surface area contributed by atoms with Crippen LogP contribution in [0.3, 0.4) is 0 Å². The molecule has 0 bridgehead atoms. The van der Waals surface area contributed by atoms with Gasteiger partial charge in [-0.05, 0) is 23.8 Å². The number of esters is 1. The number of rotatable bonds is 2. The average molecular weight is 235 g/mol. The van der Waals surface area contributed by atoms with Gasteiger partial charge in [0.15, 0.2) is 0 Å². The summed E-state index contributed by atoms with van der Waals surface area (Å²) in [5, 5.41) is 0.636. The summed E-state index contributed by atoms with van der Waals surface area (Å²) in [5.41, 5.74) is 0.522. The van der Waals surface area contributed by atoms with Crippen molar-refractivity contribution < 1.29 is 13.9 Å². The molecule has 1 aromatic carbocycles. The number of hydrogen-bond acceptors (Lipinski definition) is 3. The van der Waals surface area contributed by atoms with Crippen LogP contribution in [0.2, 0.25) is 0 Å². The normalized spacial score (nSPS) is 10.5. The number of halogens is 1. The Morgan fingerprint density at radius 2 is 2.18 bits per heavy atom. The van der Waals surface area contributed by atoms with Crippen molar-refractivity contribution in [3.05, 3.63) is 46.0 Å². The summed E-state index contributed by atoms with van der Waals surface area (Å²) in [5.74, 6) is -0.885. The molecule has 0 fully saturated rings. The van der Waals surface area contributed by atoms with Crippen molar-refractivity contribution in [1.29, 1.82) is 0 Å². The minimum atomic E-state index is -0.443. The molecule has 17 heavy (non-hydrogen) atoms. The van der Waals surface area contributed by atoms with Crippen LogP contribution in [-0.4, -0.2) is 18.1 Å². The van der Waals surface area contributed by atoms with Gasteiger partial charge in [-0.15, -0.1) is 0 Å². The molecule has 2 aromatic rings. The largest absolute Gasteiger partial charge is 0.469 e. The highest BCUT2D eigenvalue weighted by Gasteiger charge is 2.09. The van der Waals surface area contributed by atoms with Gasteiger partial charge in [0, 0.05) is 11.5 Å². The zero-order chi connectivity index (χ0) is 12.4. The first-order valence-corrected chi connectivity index (χ1v) is 4.98. The van der Waals surface area contributed by atoms with Crippen molar-refractivity contribution in [3.63, 3.8) is 0 Å². The molecular weight excluding hydrogens is 225 g/mol. The van der Waals surface area contributed by atoms with Gasteiger partial charge in [0.2, 0.25) is 5.56 Å². The third-order valence-electron chi connectivity index (χ3n) is 2.45. The lowest BCUT2D eigenvalue weighted by molar-refractivity contribution is -0.139. The maximum Gasteiger partial charge on any atom is 0.310 e. The number of methoxy groups -OCH3 is 1. The predicted molar refractivity (Wildman–Crippen MR) is 60.2 cm³/mol. The van der Waals surface area contributed by atoms with Crippen LogP contribution in [0.1, 0.15) is 5.56 Å². The van der Waals surface area contributed by atoms with Gasteiger partial charge in [-0.2, -0.15) is 0 Å². The number of benzene rings is 1. The van der Waals surface area contributed by atoms with E-state index in [1.54, 1.807) is 0 Å². The van der Waals surface area contributed by atoms with Gasteiger partial charge < -0.3 is 9.72 Å². The quantitative estimate of drug-likeness (QED) is 0.800. The predicted octanol–water partition coefficient (Wildman–Crippen LogP) is 1.38. The monoisotopic (exact) mass is 235 g/mol. The topological polar surface area (TPSA) is 59.2 Å². The van der Waals surface area contributed by atoms with Crippen LogP contribution in [0.5, 0.6) is 0 Å². The van der Waals surface area contributed by atoms with Crippen molar-refractivity contribution in [2.24, 2.45) is 0 Å². The highest BCUT2D eigenvalue weighted by atomic mass is 19.1. The average Bonchev–Trinajstić information content (AvgIpc) is 2.27. The summed E-state index contributed by atoms with van der Waals surface area (Å²) < 4.78 is 17.6. The molecule has 0 atom stereocenters. The molecule has 2 rings (SSSR count). The Bertz CT molecular complexity index is 633. The number of aromatic amines is 1. The Morgan fingerprint density at radius 1 is 1.41 bits per heavy atom. The number of fused-ring (bicyclic) bond motifs is 1. The van der Waals surface area contributed by atoms with Gasteiger partial charge in [-0.25, -0.2) is 4.39 Å². The number of carbonyl (C=O) groups excluding carboxylic acids is 1. The third kappa shape index (κ3) is 2.33. The number of ether oxygens (including phenoxy) is 1. The Balaban J connectivity index is 2.61. The van der Waals surface area contributed by atoms with Gasteiger partial charge in [0.05, 0.1) is 19.0 Å². The lowest BCUT2D eigenvalue weighted by Gasteiger charge is -2.05. The first-order valence-electron chi connectivity index (χ1n) is 4.98. The van der Waals surface area contributed by atoms with E-state index in [-0.39, 0.29) is 12.0 Å². The van der Waals surface area contributed by atoms with Gasteiger partial charge in [0.1, 0.15) is 5.82 Å². The fourth-order valence-corrected chi connectivity index (χ4v) is 1.68. The lowest BCUT2D eigenvalue weighted by Crippen LogP contribution is -2.11. The highest BCUT2D eigenvalue weighted by molar-refractivity contribution is 5.86. The molecule has 0 aliphatic rings. The van der Waals surface area contributed by atoms with Gasteiger partial charge >= 0.3 is 5.97 Å². The van der Waals surface area contributed by atoms with Crippen molar-refractivity contribution in [3.8, 4) is 0 Å². The van der Waals surface area contributed by atoms with E-state index in [9.17, 15) is 14.0 Å². The summed E-state index contributed by atoms with van der Waals surface area (Å²) >= 11 is 0. The van der Waals surface area contributed by atoms with Crippen LogP contribution in [0.15, 0.2) is 29.1 Å². The zero-order valence-electron chi connectivity index (χ0n) is 9.12. The SMILES string of the molecule is COC(=O)Cc1cc(=O)[nH]c2cc(F)ccc12. The second-order valence-corrected chi connectivity index (χ2v) is 3.60. The molecule has 0 aliphatic heterocycles. The van der Waals surface area contributed by atoms with Crippen LogP contribution in [-0.2, 0) is 16.0 Å². The fourth-order valence-electron chi connectivity index (χ4n) is 1.68. The molecule has 5 heteroatoms. The Morgan fingerprint density at radius 3 is 2.88 bits per heavy atom. The summed E-state index contributed by atoms with van der Waals surface area (Å²) in [6, 6.07) is 5.34. The first-order chi connectivity index (χ1) is 8.10. The van der Waals surface area contributed by atoms with E-state index in [4.69, 9.17) is 0 Å². The van der Waals surface area contributed by atoms with E-state index < -0.39 is 11.8 Å². The molecular formula is C12H10FNO3. The van der Waals surface area contributed by atoms with Crippen LogP contribution in [0.25, 0.3) is 10.9 Å². The third-order valence-corrected chi connectivity index (χ3v) is 2.45. The highest BCUT2D eigenvalue weighted by Crippen LogP contribution is 2.16. The summed E-state index contributed by atoms with van der Waals surface area (Å²) in [4.78, 5) is 25.1. The zero-order valence-corrected chi connectivity index (χ0v) is 9.12. The van der Waals surface area contributed by atoms with Gasteiger partial charge in [-0.1, -0.05) is 0 Å². The summed E-state index contributed by atoms with van der Waals surface area (Å²) in [6.07, 6.45) is -0.0114. The Labute approximate surface area is 96.0 Å². The van der Waals surface area contributed by atoms with Crippen molar-refractivity contribution in [1.82, 2.24) is 4.98 Å². The van der Waals surface area contributed by atoms with Crippen LogP contribution in [0.4, 0.5) is 4.39 Å². The molecule has 0 saturated carbocycles.